The van der Waals surface area contributed by atoms with Crippen LogP contribution in [-0.4, -0.2) is 46.0 Å². The standard InChI is InChI=1S/C24H32N4OS/c1-4-19-10-5-6-12-27(19)15-9-11-25-23(29)22-21(28-13-7-8-14-28)20-17(2)16-18(3)26-24(20)30-22/h7-8,13-14,16,19H,4-6,9-12,15H2,1-3H3,(H,25,29). The molecule has 1 amide bonds. The molecular formula is C24H32N4OS. The molecule has 1 saturated heterocycles. The molecule has 0 bridgehead atoms. The summed E-state index contributed by atoms with van der Waals surface area (Å²) in [5.74, 6) is 0.00411. The molecule has 1 N–H and O–H groups in total. The number of piperidine rings is 1. The third kappa shape index (κ3) is 4.30. The van der Waals surface area contributed by atoms with E-state index in [1.165, 1.54) is 43.6 Å². The van der Waals surface area contributed by atoms with Gasteiger partial charge in [-0.1, -0.05) is 13.3 Å². The Kier molecular flexibility index (Phi) is 6.54. The Bertz CT molecular complexity index is 1010. The maximum Gasteiger partial charge on any atom is 0.263 e. The average molecular weight is 425 g/mol. The van der Waals surface area contributed by atoms with Crippen LogP contribution >= 0.6 is 11.3 Å². The molecule has 1 fully saturated rings. The quantitative estimate of drug-likeness (QED) is 0.538. The fourth-order valence-corrected chi connectivity index (χ4v) is 5.90. The molecule has 4 rings (SSSR count). The normalized spacial score (nSPS) is 17.5. The van der Waals surface area contributed by atoms with E-state index in [9.17, 15) is 4.79 Å². The third-order valence-electron chi connectivity index (χ3n) is 6.16. The zero-order chi connectivity index (χ0) is 21.1. The van der Waals surface area contributed by atoms with Crippen LogP contribution in [0.15, 0.2) is 30.6 Å². The highest BCUT2D eigenvalue weighted by atomic mass is 32.1. The summed E-state index contributed by atoms with van der Waals surface area (Å²) in [6, 6.07) is 6.79. The van der Waals surface area contributed by atoms with E-state index in [2.05, 4.69) is 30.1 Å². The minimum Gasteiger partial charge on any atom is -0.351 e. The van der Waals surface area contributed by atoms with E-state index in [0.717, 1.165) is 51.0 Å². The molecular weight excluding hydrogens is 392 g/mol. The number of hydrogen-bond donors (Lipinski definition) is 1. The molecule has 5 nitrogen and oxygen atoms in total. The monoisotopic (exact) mass is 424 g/mol. The highest BCUT2D eigenvalue weighted by Gasteiger charge is 2.23. The SMILES string of the molecule is CCC1CCCCN1CCCNC(=O)c1sc2nc(C)cc(C)c2c1-n1cccc1. The maximum atomic E-state index is 13.1. The fraction of sp³-hybridized carbons (Fsp3) is 0.500. The van der Waals surface area contributed by atoms with Gasteiger partial charge in [0, 0.05) is 42.6 Å². The first-order valence-electron chi connectivity index (χ1n) is 11.1. The topological polar surface area (TPSA) is 50.2 Å². The fourth-order valence-electron chi connectivity index (χ4n) is 4.69. The van der Waals surface area contributed by atoms with Crippen molar-refractivity contribution in [1.29, 1.82) is 0 Å². The van der Waals surface area contributed by atoms with Gasteiger partial charge in [0.1, 0.15) is 9.71 Å². The van der Waals surface area contributed by atoms with Crippen LogP contribution in [-0.2, 0) is 0 Å². The van der Waals surface area contributed by atoms with Crippen LogP contribution < -0.4 is 5.32 Å². The predicted molar refractivity (Wildman–Crippen MR) is 125 cm³/mol. The number of hydrogen-bond acceptors (Lipinski definition) is 4. The van der Waals surface area contributed by atoms with Crippen molar-refractivity contribution in [2.75, 3.05) is 19.6 Å². The number of carbonyl (C=O) groups is 1. The van der Waals surface area contributed by atoms with Crippen LogP contribution in [0.4, 0.5) is 0 Å². The van der Waals surface area contributed by atoms with Gasteiger partial charge in [-0.05, 0) is 69.8 Å². The van der Waals surface area contributed by atoms with Crippen molar-refractivity contribution in [3.8, 4) is 5.69 Å². The van der Waals surface area contributed by atoms with Crippen LogP contribution in [0.1, 0.15) is 60.0 Å². The summed E-state index contributed by atoms with van der Waals surface area (Å²) < 4.78 is 2.04. The first-order chi connectivity index (χ1) is 14.6. The lowest BCUT2D eigenvalue weighted by atomic mass is 10.00. The van der Waals surface area contributed by atoms with Gasteiger partial charge in [-0.15, -0.1) is 11.3 Å². The lowest BCUT2D eigenvalue weighted by Gasteiger charge is -2.35. The molecule has 160 valence electrons. The number of thiophene rings is 1. The molecule has 1 atom stereocenters. The van der Waals surface area contributed by atoms with Gasteiger partial charge in [0.25, 0.3) is 5.91 Å². The van der Waals surface area contributed by atoms with E-state index in [4.69, 9.17) is 4.98 Å². The lowest BCUT2D eigenvalue weighted by Crippen LogP contribution is -2.40. The number of rotatable bonds is 7. The van der Waals surface area contributed by atoms with Gasteiger partial charge in [-0.25, -0.2) is 4.98 Å². The van der Waals surface area contributed by atoms with Crippen LogP contribution in [0.3, 0.4) is 0 Å². The lowest BCUT2D eigenvalue weighted by molar-refractivity contribution is 0.0951. The third-order valence-corrected chi connectivity index (χ3v) is 7.23. The zero-order valence-electron chi connectivity index (χ0n) is 18.3. The van der Waals surface area contributed by atoms with Gasteiger partial charge in [0.2, 0.25) is 0 Å². The molecule has 3 aromatic heterocycles. The number of amides is 1. The van der Waals surface area contributed by atoms with Gasteiger partial charge >= 0.3 is 0 Å². The minimum atomic E-state index is 0.00411. The van der Waals surface area contributed by atoms with E-state index >= 15 is 0 Å². The second-order valence-corrected chi connectivity index (χ2v) is 9.33. The van der Waals surface area contributed by atoms with Gasteiger partial charge in [0.05, 0.1) is 5.69 Å². The molecule has 1 unspecified atom stereocenters. The van der Waals surface area contributed by atoms with Crippen molar-refractivity contribution in [1.82, 2.24) is 19.8 Å². The molecule has 4 heterocycles. The number of nitrogens with one attached hydrogen (secondary N) is 1. The number of likely N-dealkylation sites (tertiary alicyclic amines) is 1. The number of aromatic nitrogens is 2. The van der Waals surface area contributed by atoms with E-state index < -0.39 is 0 Å². The molecule has 0 radical (unpaired) electrons. The van der Waals surface area contributed by atoms with Crippen LogP contribution in [0.25, 0.3) is 15.9 Å². The molecule has 0 aliphatic carbocycles. The molecule has 6 heteroatoms. The Morgan fingerprint density at radius 3 is 2.83 bits per heavy atom. The minimum absolute atomic E-state index is 0.00411. The molecule has 0 spiro atoms. The van der Waals surface area contributed by atoms with Crippen molar-refractivity contribution in [3.05, 3.63) is 46.7 Å². The van der Waals surface area contributed by atoms with Crippen molar-refractivity contribution < 1.29 is 4.79 Å². The molecule has 0 aromatic carbocycles. The second-order valence-electron chi connectivity index (χ2n) is 8.33. The summed E-state index contributed by atoms with van der Waals surface area (Å²) in [5.41, 5.74) is 3.09. The summed E-state index contributed by atoms with van der Waals surface area (Å²) in [6.45, 7) is 9.36. The predicted octanol–water partition coefficient (Wildman–Crippen LogP) is 5.09. The van der Waals surface area contributed by atoms with Gasteiger partial charge in [-0.2, -0.15) is 0 Å². The summed E-state index contributed by atoms with van der Waals surface area (Å²) in [4.78, 5) is 22.1. The Morgan fingerprint density at radius 2 is 2.07 bits per heavy atom. The average Bonchev–Trinajstić information content (AvgIpc) is 3.38. The van der Waals surface area contributed by atoms with Crippen molar-refractivity contribution in [2.45, 2.75) is 58.9 Å². The maximum absolute atomic E-state index is 13.1. The Hall–Kier alpha value is -2.18. The number of fused-ring (bicyclic) bond motifs is 1. The van der Waals surface area contributed by atoms with E-state index in [1.54, 1.807) is 0 Å². The van der Waals surface area contributed by atoms with Crippen molar-refractivity contribution in [3.63, 3.8) is 0 Å². The highest BCUT2D eigenvalue weighted by molar-refractivity contribution is 7.21. The first kappa shape index (κ1) is 21.1. The molecule has 3 aromatic rings. The Morgan fingerprint density at radius 1 is 1.27 bits per heavy atom. The van der Waals surface area contributed by atoms with E-state index in [-0.39, 0.29) is 5.91 Å². The summed E-state index contributed by atoms with van der Waals surface area (Å²) >= 11 is 1.49. The summed E-state index contributed by atoms with van der Waals surface area (Å²) in [7, 11) is 0. The number of carbonyl (C=O) groups excluding carboxylic acids is 1. The van der Waals surface area contributed by atoms with Crippen molar-refractivity contribution in [2.24, 2.45) is 0 Å². The molecule has 30 heavy (non-hydrogen) atoms. The van der Waals surface area contributed by atoms with Crippen molar-refractivity contribution >= 4 is 27.5 Å². The largest absolute Gasteiger partial charge is 0.351 e. The Balaban J connectivity index is 1.49. The smallest absolute Gasteiger partial charge is 0.263 e. The zero-order valence-corrected chi connectivity index (χ0v) is 19.1. The molecule has 0 saturated carbocycles. The number of nitrogens with zero attached hydrogens (tertiary/aromatic N) is 3. The van der Waals surface area contributed by atoms with Crippen LogP contribution in [0.5, 0.6) is 0 Å². The first-order valence-corrected chi connectivity index (χ1v) is 12.0. The second kappa shape index (κ2) is 9.31. The van der Waals surface area contributed by atoms with Gasteiger partial charge < -0.3 is 14.8 Å². The highest BCUT2D eigenvalue weighted by Crippen LogP contribution is 2.35. The van der Waals surface area contributed by atoms with Crippen LogP contribution in [0.2, 0.25) is 0 Å². The van der Waals surface area contributed by atoms with E-state index in [1.807, 2.05) is 36.0 Å². The van der Waals surface area contributed by atoms with Gasteiger partial charge in [-0.3, -0.25) is 4.79 Å². The molecule has 1 aliphatic heterocycles. The van der Waals surface area contributed by atoms with E-state index in [0.29, 0.717) is 6.54 Å². The summed E-state index contributed by atoms with van der Waals surface area (Å²) in [5, 5.41) is 4.25. The summed E-state index contributed by atoms with van der Waals surface area (Å²) in [6.07, 6.45) is 10.2. The Labute approximate surface area is 183 Å². The van der Waals surface area contributed by atoms with Gasteiger partial charge in [0.15, 0.2) is 0 Å². The number of pyridine rings is 1. The number of aryl methyl sites for hydroxylation is 2. The molecule has 1 aliphatic rings. The van der Waals surface area contributed by atoms with Crippen LogP contribution in [0, 0.1) is 13.8 Å².